The molecule has 0 aliphatic carbocycles. The molecule has 1 heterocycles. The molecule has 0 spiro atoms. The number of nitrogens with zero attached hydrogens (tertiary/aromatic N) is 3. The molecule has 0 fully saturated rings. The first kappa shape index (κ1) is 16.8. The molecule has 0 unspecified atom stereocenters. The predicted molar refractivity (Wildman–Crippen MR) is 106 cm³/mol. The lowest BCUT2D eigenvalue weighted by atomic mass is 10.1. The Balaban J connectivity index is 1.89. The zero-order chi connectivity index (χ0) is 17.9. The molecular weight excluding hydrogens is 365 g/mol. The van der Waals surface area contributed by atoms with E-state index in [0.717, 1.165) is 28.3 Å². The molecule has 5 heteroatoms. The molecule has 3 nitrogen and oxygen atoms in total. The van der Waals surface area contributed by atoms with Crippen molar-refractivity contribution in [2.75, 3.05) is 0 Å². The summed E-state index contributed by atoms with van der Waals surface area (Å²) >= 11 is 12.8. The fourth-order valence-corrected chi connectivity index (χ4v) is 3.41. The minimum absolute atomic E-state index is 0.486. The minimum atomic E-state index is 0.486. The van der Waals surface area contributed by atoms with Crippen LogP contribution in [0.2, 0.25) is 10.0 Å². The summed E-state index contributed by atoms with van der Waals surface area (Å²) in [6.07, 6.45) is 0. The largest absolute Gasteiger partial charge is 0.302 e. The van der Waals surface area contributed by atoms with Gasteiger partial charge >= 0.3 is 0 Å². The average molecular weight is 380 g/mol. The molecule has 4 aromatic rings. The molecule has 1 aromatic heterocycles. The highest BCUT2D eigenvalue weighted by Crippen LogP contribution is 2.30. The van der Waals surface area contributed by atoms with Gasteiger partial charge in [-0.05, 0) is 12.1 Å². The fourth-order valence-electron chi connectivity index (χ4n) is 2.90. The Morgan fingerprint density at radius 2 is 1.08 bits per heavy atom. The van der Waals surface area contributed by atoms with Gasteiger partial charge in [-0.1, -0.05) is 89.9 Å². The third-order valence-corrected chi connectivity index (χ3v) is 4.90. The number of hydrogen-bond donors (Lipinski definition) is 0. The summed E-state index contributed by atoms with van der Waals surface area (Å²) < 4.78 is 2.05. The van der Waals surface area contributed by atoms with Crippen molar-refractivity contribution in [2.45, 2.75) is 6.54 Å². The van der Waals surface area contributed by atoms with Gasteiger partial charge in [0.1, 0.15) is 0 Å². The van der Waals surface area contributed by atoms with E-state index >= 15 is 0 Å². The normalized spacial score (nSPS) is 10.8. The van der Waals surface area contributed by atoms with E-state index < -0.39 is 0 Å². The van der Waals surface area contributed by atoms with Gasteiger partial charge in [0.05, 0.1) is 6.54 Å². The van der Waals surface area contributed by atoms with Gasteiger partial charge in [0.2, 0.25) is 0 Å². The van der Waals surface area contributed by atoms with E-state index in [9.17, 15) is 0 Å². The minimum Gasteiger partial charge on any atom is -0.302 e. The summed E-state index contributed by atoms with van der Waals surface area (Å²) in [5, 5.41) is 10.1. The van der Waals surface area contributed by atoms with E-state index in [1.807, 2.05) is 78.9 Å². The van der Waals surface area contributed by atoms with Crippen molar-refractivity contribution in [1.29, 1.82) is 0 Å². The Labute approximate surface area is 161 Å². The number of benzene rings is 3. The first-order chi connectivity index (χ1) is 12.7. The van der Waals surface area contributed by atoms with Crippen molar-refractivity contribution in [1.82, 2.24) is 14.8 Å². The third kappa shape index (κ3) is 3.24. The molecular formula is C21H15Cl2N3. The van der Waals surface area contributed by atoms with Gasteiger partial charge in [0, 0.05) is 26.7 Å². The van der Waals surface area contributed by atoms with Crippen LogP contribution in [0.15, 0.2) is 78.9 Å². The summed E-state index contributed by atoms with van der Waals surface area (Å²) in [6.45, 7) is 0.486. The standard InChI is InChI=1S/C21H15Cl2N3/c22-18-12-7-13-19(23)17(18)14-26-20(15-8-3-1-4-9-15)24-25-21(26)16-10-5-2-6-11-16/h1-13H,14H2. The number of hydrogen-bond acceptors (Lipinski definition) is 2. The fraction of sp³-hybridized carbons (Fsp3) is 0.0476. The predicted octanol–water partition coefficient (Wildman–Crippen LogP) is 5.97. The van der Waals surface area contributed by atoms with Gasteiger partial charge in [0.15, 0.2) is 11.6 Å². The van der Waals surface area contributed by atoms with E-state index in [1.165, 1.54) is 0 Å². The zero-order valence-electron chi connectivity index (χ0n) is 13.8. The van der Waals surface area contributed by atoms with Crippen molar-refractivity contribution >= 4 is 23.2 Å². The topological polar surface area (TPSA) is 30.7 Å². The van der Waals surface area contributed by atoms with Crippen LogP contribution in [0.5, 0.6) is 0 Å². The van der Waals surface area contributed by atoms with Gasteiger partial charge in [-0.25, -0.2) is 0 Å². The Morgan fingerprint density at radius 1 is 0.615 bits per heavy atom. The van der Waals surface area contributed by atoms with Crippen molar-refractivity contribution in [3.8, 4) is 22.8 Å². The lowest BCUT2D eigenvalue weighted by molar-refractivity contribution is 0.812. The molecule has 0 radical (unpaired) electrons. The van der Waals surface area contributed by atoms with Crippen molar-refractivity contribution in [2.24, 2.45) is 0 Å². The quantitative estimate of drug-likeness (QED) is 0.437. The second-order valence-corrected chi connectivity index (χ2v) is 6.68. The molecule has 0 saturated heterocycles. The first-order valence-electron chi connectivity index (χ1n) is 8.21. The van der Waals surface area contributed by atoms with Crippen molar-refractivity contribution < 1.29 is 0 Å². The van der Waals surface area contributed by atoms with E-state index in [1.54, 1.807) is 0 Å². The highest BCUT2D eigenvalue weighted by molar-refractivity contribution is 6.36. The molecule has 0 atom stereocenters. The van der Waals surface area contributed by atoms with Gasteiger partial charge in [-0.15, -0.1) is 10.2 Å². The summed E-state index contributed by atoms with van der Waals surface area (Å²) in [6, 6.07) is 25.5. The monoisotopic (exact) mass is 379 g/mol. The average Bonchev–Trinajstić information content (AvgIpc) is 3.10. The van der Waals surface area contributed by atoms with Crippen LogP contribution < -0.4 is 0 Å². The maximum atomic E-state index is 6.40. The maximum absolute atomic E-state index is 6.40. The van der Waals surface area contributed by atoms with Crippen LogP contribution in [0.1, 0.15) is 5.56 Å². The van der Waals surface area contributed by atoms with Gasteiger partial charge in [0.25, 0.3) is 0 Å². The van der Waals surface area contributed by atoms with Crippen LogP contribution in [-0.4, -0.2) is 14.8 Å². The van der Waals surface area contributed by atoms with Gasteiger partial charge in [-0.2, -0.15) is 0 Å². The summed E-state index contributed by atoms with van der Waals surface area (Å²) in [5.41, 5.74) is 2.83. The highest BCUT2D eigenvalue weighted by atomic mass is 35.5. The van der Waals surface area contributed by atoms with Crippen molar-refractivity contribution in [3.63, 3.8) is 0 Å². The Morgan fingerprint density at radius 3 is 1.54 bits per heavy atom. The summed E-state index contributed by atoms with van der Waals surface area (Å²) in [4.78, 5) is 0. The van der Waals surface area contributed by atoms with E-state index in [0.29, 0.717) is 16.6 Å². The second kappa shape index (κ2) is 7.32. The van der Waals surface area contributed by atoms with Crippen LogP contribution in [-0.2, 0) is 6.54 Å². The van der Waals surface area contributed by atoms with Crippen LogP contribution in [0, 0.1) is 0 Å². The summed E-state index contributed by atoms with van der Waals surface area (Å²) in [7, 11) is 0. The molecule has 0 bridgehead atoms. The van der Waals surface area contributed by atoms with Crippen LogP contribution in [0.25, 0.3) is 22.8 Å². The second-order valence-electron chi connectivity index (χ2n) is 5.87. The van der Waals surface area contributed by atoms with Crippen LogP contribution in [0.3, 0.4) is 0 Å². The molecule has 4 rings (SSSR count). The number of halogens is 2. The SMILES string of the molecule is Clc1cccc(Cl)c1Cn1c(-c2ccccc2)nnc1-c1ccccc1. The van der Waals surface area contributed by atoms with Crippen LogP contribution in [0.4, 0.5) is 0 Å². The molecule has 0 aliphatic rings. The molecule has 0 aliphatic heterocycles. The highest BCUT2D eigenvalue weighted by Gasteiger charge is 2.17. The van der Waals surface area contributed by atoms with Crippen molar-refractivity contribution in [3.05, 3.63) is 94.5 Å². The Kier molecular flexibility index (Phi) is 4.74. The first-order valence-corrected chi connectivity index (χ1v) is 8.96. The van der Waals surface area contributed by atoms with E-state index in [4.69, 9.17) is 23.2 Å². The molecule has 128 valence electrons. The molecule has 3 aromatic carbocycles. The zero-order valence-corrected chi connectivity index (χ0v) is 15.3. The lowest BCUT2D eigenvalue weighted by Gasteiger charge is -2.13. The number of rotatable bonds is 4. The lowest BCUT2D eigenvalue weighted by Crippen LogP contribution is -2.05. The van der Waals surface area contributed by atoms with Gasteiger partial charge < -0.3 is 4.57 Å². The molecule has 0 amide bonds. The molecule has 0 saturated carbocycles. The van der Waals surface area contributed by atoms with Crippen LogP contribution >= 0.6 is 23.2 Å². The Bertz CT molecular complexity index is 951. The maximum Gasteiger partial charge on any atom is 0.164 e. The molecule has 26 heavy (non-hydrogen) atoms. The van der Waals surface area contributed by atoms with E-state index in [2.05, 4.69) is 14.8 Å². The molecule has 0 N–H and O–H groups in total. The Hall–Kier alpha value is -2.62. The number of aromatic nitrogens is 3. The third-order valence-electron chi connectivity index (χ3n) is 4.19. The summed E-state index contributed by atoms with van der Waals surface area (Å²) in [5.74, 6) is 1.56. The smallest absolute Gasteiger partial charge is 0.164 e. The van der Waals surface area contributed by atoms with E-state index in [-0.39, 0.29) is 0 Å². The van der Waals surface area contributed by atoms with Gasteiger partial charge in [-0.3, -0.25) is 0 Å².